The molecule has 164 valence electrons. The van der Waals surface area contributed by atoms with Crippen LogP contribution < -0.4 is 5.32 Å². The van der Waals surface area contributed by atoms with E-state index in [1.165, 1.54) is 17.8 Å². The number of carbonyl (C=O) groups excluding carboxylic acids is 1. The molecule has 1 saturated carbocycles. The van der Waals surface area contributed by atoms with E-state index in [4.69, 9.17) is 5.26 Å². The Balaban J connectivity index is 1.53. The maximum absolute atomic E-state index is 12.9. The molecule has 7 nitrogen and oxygen atoms in total. The normalized spacial score (nSPS) is 19.9. The highest BCUT2D eigenvalue weighted by Crippen LogP contribution is 2.57. The van der Waals surface area contributed by atoms with Crippen molar-refractivity contribution in [2.75, 3.05) is 5.32 Å². The van der Waals surface area contributed by atoms with E-state index < -0.39 is 17.4 Å². The number of alkyl halides is 3. The summed E-state index contributed by atoms with van der Waals surface area (Å²) in [6.07, 6.45) is -2.25. The number of pyridine rings is 1. The second-order valence-corrected chi connectivity index (χ2v) is 7.77. The molecule has 1 aliphatic rings. The number of nitriles is 1. The number of hydrogen-bond acceptors (Lipinski definition) is 5. The zero-order valence-electron chi connectivity index (χ0n) is 17.1. The Morgan fingerprint density at radius 3 is 2.62 bits per heavy atom. The molecule has 10 heteroatoms. The Labute approximate surface area is 181 Å². The van der Waals surface area contributed by atoms with Gasteiger partial charge in [0.25, 0.3) is 5.82 Å². The zero-order chi connectivity index (χ0) is 22.9. The predicted octanol–water partition coefficient (Wildman–Crippen LogP) is 3.86. The minimum atomic E-state index is -4.61. The average Bonchev–Trinajstić information content (AvgIpc) is 3.40. The molecule has 3 aromatic rings. The van der Waals surface area contributed by atoms with Crippen LogP contribution in [0.15, 0.2) is 48.7 Å². The smallest absolute Gasteiger partial charge is 0.310 e. The minimum Gasteiger partial charge on any atom is -0.310 e. The summed E-state index contributed by atoms with van der Waals surface area (Å²) in [6.45, 7) is 1.67. The van der Waals surface area contributed by atoms with Gasteiger partial charge in [0.05, 0.1) is 5.56 Å². The van der Waals surface area contributed by atoms with Crippen molar-refractivity contribution in [3.05, 3.63) is 71.4 Å². The van der Waals surface area contributed by atoms with Crippen LogP contribution in [-0.4, -0.2) is 25.7 Å². The van der Waals surface area contributed by atoms with E-state index in [1.54, 1.807) is 12.1 Å². The molecule has 1 amide bonds. The van der Waals surface area contributed by atoms with Gasteiger partial charge in [0.1, 0.15) is 17.7 Å². The molecule has 0 unspecified atom stereocenters. The topological polar surface area (TPSA) is 96.5 Å². The van der Waals surface area contributed by atoms with Crippen molar-refractivity contribution in [2.45, 2.75) is 37.9 Å². The average molecular weight is 440 g/mol. The lowest BCUT2D eigenvalue weighted by molar-refractivity contribution is -0.145. The van der Waals surface area contributed by atoms with Crippen molar-refractivity contribution in [1.82, 2.24) is 19.7 Å². The van der Waals surface area contributed by atoms with Crippen molar-refractivity contribution >= 4 is 11.7 Å². The van der Waals surface area contributed by atoms with Gasteiger partial charge >= 0.3 is 6.18 Å². The highest BCUT2D eigenvalue weighted by Gasteiger charge is 2.58. The fraction of sp³-hybridized carbons (Fsp3) is 0.318. The molecule has 4 rings (SSSR count). The first-order valence-corrected chi connectivity index (χ1v) is 9.94. The number of aryl methyl sites for hydroxylation is 2. The number of halogens is 3. The fourth-order valence-electron chi connectivity index (χ4n) is 3.96. The SMILES string of the molecule is Cc1nc(C(F)(F)F)nn1CC[C@@]1(c2ccccc2)C[C@H]1C(=O)Nc1ccc(C#N)cn1. The number of aromatic nitrogens is 4. The maximum atomic E-state index is 12.9. The predicted molar refractivity (Wildman–Crippen MR) is 108 cm³/mol. The summed E-state index contributed by atoms with van der Waals surface area (Å²) in [6, 6.07) is 14.5. The van der Waals surface area contributed by atoms with E-state index in [1.807, 2.05) is 36.4 Å². The number of benzene rings is 1. The number of anilines is 1. The van der Waals surface area contributed by atoms with Gasteiger partial charge in [-0.25, -0.2) is 14.6 Å². The second-order valence-electron chi connectivity index (χ2n) is 7.77. The summed E-state index contributed by atoms with van der Waals surface area (Å²) in [5.74, 6) is -1.25. The number of hydrogen-bond donors (Lipinski definition) is 1. The number of nitrogens with one attached hydrogen (secondary N) is 1. The highest BCUT2D eigenvalue weighted by atomic mass is 19.4. The molecule has 1 N–H and O–H groups in total. The van der Waals surface area contributed by atoms with Gasteiger partial charge in [0.2, 0.25) is 5.91 Å². The van der Waals surface area contributed by atoms with Gasteiger partial charge in [-0.05, 0) is 37.5 Å². The van der Waals surface area contributed by atoms with Gasteiger partial charge in [-0.15, -0.1) is 5.10 Å². The summed E-state index contributed by atoms with van der Waals surface area (Å²) in [4.78, 5) is 20.5. The van der Waals surface area contributed by atoms with Gasteiger partial charge in [-0.1, -0.05) is 30.3 Å². The highest BCUT2D eigenvalue weighted by molar-refractivity contribution is 5.95. The lowest BCUT2D eigenvalue weighted by Crippen LogP contribution is -2.23. The van der Waals surface area contributed by atoms with Gasteiger partial charge in [0, 0.05) is 24.1 Å². The van der Waals surface area contributed by atoms with Crippen molar-refractivity contribution in [2.24, 2.45) is 5.92 Å². The molecule has 0 aliphatic heterocycles. The summed E-state index contributed by atoms with van der Waals surface area (Å²) in [5, 5.41) is 15.2. The van der Waals surface area contributed by atoms with Crippen LogP contribution in [0.4, 0.5) is 19.0 Å². The van der Waals surface area contributed by atoms with Gasteiger partial charge in [0.15, 0.2) is 0 Å². The van der Waals surface area contributed by atoms with Crippen molar-refractivity contribution in [1.29, 1.82) is 5.26 Å². The van der Waals surface area contributed by atoms with Crippen LogP contribution in [0.25, 0.3) is 0 Å². The first-order chi connectivity index (χ1) is 15.2. The van der Waals surface area contributed by atoms with Crippen LogP contribution in [-0.2, 0) is 22.9 Å². The Morgan fingerprint density at radius 1 is 1.28 bits per heavy atom. The standard InChI is InChI=1S/C22H19F3N6O/c1-14-28-20(22(23,24)25)30-31(14)10-9-21(16-5-3-2-4-6-16)11-17(21)19(32)29-18-8-7-15(12-26)13-27-18/h2-8,13,17H,9-11H2,1H3,(H,27,29,32)/t17-,21-/m0/s1. The molecule has 2 heterocycles. The summed E-state index contributed by atoms with van der Waals surface area (Å²) in [5.41, 5.74) is 0.811. The third-order valence-corrected chi connectivity index (χ3v) is 5.76. The first-order valence-electron chi connectivity index (χ1n) is 9.94. The van der Waals surface area contributed by atoms with E-state index >= 15 is 0 Å². The van der Waals surface area contributed by atoms with Crippen LogP contribution in [0.1, 0.15) is 35.6 Å². The summed E-state index contributed by atoms with van der Waals surface area (Å²) >= 11 is 0. The van der Waals surface area contributed by atoms with Crippen LogP contribution in [0.5, 0.6) is 0 Å². The Hall–Kier alpha value is -3.74. The van der Waals surface area contributed by atoms with E-state index in [9.17, 15) is 18.0 Å². The summed E-state index contributed by atoms with van der Waals surface area (Å²) < 4.78 is 40.1. The van der Waals surface area contributed by atoms with Crippen LogP contribution in [0.3, 0.4) is 0 Å². The third-order valence-electron chi connectivity index (χ3n) is 5.76. The van der Waals surface area contributed by atoms with E-state index in [-0.39, 0.29) is 24.2 Å². The Bertz CT molecular complexity index is 1170. The van der Waals surface area contributed by atoms with E-state index in [0.29, 0.717) is 24.2 Å². The maximum Gasteiger partial charge on any atom is 0.453 e. The Morgan fingerprint density at radius 2 is 2.03 bits per heavy atom. The molecule has 32 heavy (non-hydrogen) atoms. The number of rotatable bonds is 6. The number of carbonyl (C=O) groups is 1. The van der Waals surface area contributed by atoms with E-state index in [0.717, 1.165) is 5.56 Å². The van der Waals surface area contributed by atoms with Gasteiger partial charge in [-0.2, -0.15) is 18.4 Å². The van der Waals surface area contributed by atoms with Crippen LogP contribution in [0, 0.1) is 24.2 Å². The molecule has 1 aliphatic carbocycles. The Kier molecular flexibility index (Phi) is 5.42. The van der Waals surface area contributed by atoms with Crippen molar-refractivity contribution in [3.63, 3.8) is 0 Å². The second kappa shape index (κ2) is 8.07. The molecule has 0 bridgehead atoms. The fourth-order valence-corrected chi connectivity index (χ4v) is 3.96. The number of amides is 1. The van der Waals surface area contributed by atoms with Crippen LogP contribution >= 0.6 is 0 Å². The van der Waals surface area contributed by atoms with Crippen LogP contribution in [0.2, 0.25) is 0 Å². The molecule has 1 aromatic carbocycles. The zero-order valence-corrected chi connectivity index (χ0v) is 17.1. The van der Waals surface area contributed by atoms with Crippen molar-refractivity contribution in [3.8, 4) is 6.07 Å². The molecule has 0 radical (unpaired) electrons. The lowest BCUT2D eigenvalue weighted by atomic mass is 9.89. The number of nitrogens with zero attached hydrogens (tertiary/aromatic N) is 5. The van der Waals surface area contributed by atoms with E-state index in [2.05, 4.69) is 20.4 Å². The minimum absolute atomic E-state index is 0.170. The lowest BCUT2D eigenvalue weighted by Gasteiger charge is -2.18. The monoisotopic (exact) mass is 440 g/mol. The van der Waals surface area contributed by atoms with Gasteiger partial charge < -0.3 is 5.32 Å². The molecule has 2 aromatic heterocycles. The molecule has 1 fully saturated rings. The first kappa shape index (κ1) is 21.5. The summed E-state index contributed by atoms with van der Waals surface area (Å²) in [7, 11) is 0. The largest absolute Gasteiger partial charge is 0.453 e. The van der Waals surface area contributed by atoms with Gasteiger partial charge in [-0.3, -0.25) is 4.79 Å². The molecule has 0 spiro atoms. The molecular weight excluding hydrogens is 421 g/mol. The third kappa shape index (κ3) is 4.19. The molecule has 0 saturated heterocycles. The van der Waals surface area contributed by atoms with Crippen molar-refractivity contribution < 1.29 is 18.0 Å². The quantitative estimate of drug-likeness (QED) is 0.628. The molecule has 2 atom stereocenters. The molecular formula is C22H19F3N6O.